The molecule has 4 bridgehead atoms. The number of aromatic nitrogens is 1. The van der Waals surface area contributed by atoms with Crippen LogP contribution in [0.5, 0.6) is 0 Å². The Morgan fingerprint density at radius 2 is 1.91 bits per heavy atom. The zero-order valence-electron chi connectivity index (χ0n) is 15.0. The molecule has 1 aromatic heterocycles. The van der Waals surface area contributed by atoms with Gasteiger partial charge in [0.25, 0.3) is 0 Å². The first kappa shape index (κ1) is 14.7. The maximum Gasteiger partial charge on any atom is 0.0416 e. The quantitative estimate of drug-likeness (QED) is 0.774. The second-order valence-corrected chi connectivity index (χ2v) is 8.89. The molecule has 2 heteroatoms. The Balaban J connectivity index is 1.89. The first-order chi connectivity index (χ1) is 10.3. The fourth-order valence-corrected chi connectivity index (χ4v) is 6.52. The van der Waals surface area contributed by atoms with Crippen LogP contribution in [0.15, 0.2) is 6.07 Å². The predicted octanol–water partition coefficient (Wildman–Crippen LogP) is 4.16. The third kappa shape index (κ3) is 1.68. The molecule has 3 aliphatic heterocycles. The first-order valence-corrected chi connectivity index (χ1v) is 8.98. The number of aryl methyl sites for hydroxylation is 3. The molecule has 0 amide bonds. The highest BCUT2D eigenvalue weighted by Gasteiger charge is 2.62. The van der Waals surface area contributed by atoms with Gasteiger partial charge in [0.15, 0.2) is 0 Å². The number of pyridine rings is 1. The Hall–Kier alpha value is -0.890. The molecule has 22 heavy (non-hydrogen) atoms. The standard InChI is InChI=1S/C20H30N2/c1-12-7-13(2)21-14(3)18(12)20-9-16-8-17(10-20)19(5,6)22(11-16)15(20)4/h7,15-17H,8-11H2,1-6H3. The number of hydrogen-bond acceptors (Lipinski definition) is 2. The molecule has 120 valence electrons. The van der Waals surface area contributed by atoms with Crippen molar-refractivity contribution >= 4 is 0 Å². The van der Waals surface area contributed by atoms with E-state index in [0.717, 1.165) is 17.5 Å². The molecule has 4 aliphatic rings. The number of rotatable bonds is 1. The fourth-order valence-electron chi connectivity index (χ4n) is 6.52. The van der Waals surface area contributed by atoms with E-state index in [4.69, 9.17) is 4.98 Å². The Morgan fingerprint density at radius 1 is 1.18 bits per heavy atom. The van der Waals surface area contributed by atoms with Crippen molar-refractivity contribution in [1.29, 1.82) is 0 Å². The summed E-state index contributed by atoms with van der Waals surface area (Å²) < 4.78 is 0. The van der Waals surface area contributed by atoms with Gasteiger partial charge >= 0.3 is 0 Å². The van der Waals surface area contributed by atoms with Crippen LogP contribution < -0.4 is 0 Å². The summed E-state index contributed by atoms with van der Waals surface area (Å²) in [6.07, 6.45) is 4.18. The van der Waals surface area contributed by atoms with Crippen molar-refractivity contribution in [2.24, 2.45) is 11.8 Å². The third-order valence-electron chi connectivity index (χ3n) is 7.37. The lowest BCUT2D eigenvalue weighted by molar-refractivity contribution is -0.157. The Bertz CT molecular complexity index is 610. The van der Waals surface area contributed by atoms with Crippen LogP contribution in [0, 0.1) is 32.6 Å². The summed E-state index contributed by atoms with van der Waals surface area (Å²) in [5.74, 6) is 1.74. The highest BCUT2D eigenvalue weighted by molar-refractivity contribution is 5.42. The zero-order valence-corrected chi connectivity index (χ0v) is 15.0. The van der Waals surface area contributed by atoms with Crippen molar-refractivity contribution in [2.75, 3.05) is 6.54 Å². The minimum Gasteiger partial charge on any atom is -0.294 e. The zero-order chi connectivity index (χ0) is 15.9. The van der Waals surface area contributed by atoms with Crippen molar-refractivity contribution in [3.63, 3.8) is 0 Å². The summed E-state index contributed by atoms with van der Waals surface area (Å²) in [5, 5.41) is 0. The smallest absolute Gasteiger partial charge is 0.0416 e. The molecule has 0 N–H and O–H groups in total. The van der Waals surface area contributed by atoms with Crippen LogP contribution in [0.4, 0.5) is 0 Å². The Morgan fingerprint density at radius 3 is 2.59 bits per heavy atom. The van der Waals surface area contributed by atoms with E-state index in [1.807, 2.05) is 0 Å². The van der Waals surface area contributed by atoms with E-state index < -0.39 is 0 Å². The lowest BCUT2D eigenvalue weighted by atomic mass is 9.49. The summed E-state index contributed by atoms with van der Waals surface area (Å²) in [4.78, 5) is 7.67. The van der Waals surface area contributed by atoms with Gasteiger partial charge in [0.2, 0.25) is 0 Å². The molecule has 5 unspecified atom stereocenters. The molecule has 5 rings (SSSR count). The molecule has 0 spiro atoms. The molecule has 5 atom stereocenters. The molecule has 0 aromatic carbocycles. The Labute approximate surface area is 135 Å². The monoisotopic (exact) mass is 298 g/mol. The van der Waals surface area contributed by atoms with Crippen LogP contribution in [-0.4, -0.2) is 28.0 Å². The number of hydrogen-bond donors (Lipinski definition) is 0. The SMILES string of the molecule is Cc1cc(C)c(C23CC4CC(C2)C(C)(C)N(C4)C3C)c(C)n1. The van der Waals surface area contributed by atoms with E-state index in [1.165, 1.54) is 37.1 Å². The van der Waals surface area contributed by atoms with Crippen LogP contribution in [0.3, 0.4) is 0 Å². The summed E-state index contributed by atoms with van der Waals surface area (Å²) in [6.45, 7) is 15.4. The van der Waals surface area contributed by atoms with Crippen LogP contribution in [0.2, 0.25) is 0 Å². The van der Waals surface area contributed by atoms with Gasteiger partial charge in [-0.3, -0.25) is 9.88 Å². The average Bonchev–Trinajstić information content (AvgIpc) is 2.39. The average molecular weight is 298 g/mol. The van der Waals surface area contributed by atoms with Gasteiger partial charge in [-0.2, -0.15) is 0 Å². The summed E-state index contributed by atoms with van der Waals surface area (Å²) >= 11 is 0. The largest absolute Gasteiger partial charge is 0.294 e. The van der Waals surface area contributed by atoms with Gasteiger partial charge in [0, 0.05) is 34.9 Å². The lowest BCUT2D eigenvalue weighted by Crippen LogP contribution is -2.73. The number of piperidine rings is 3. The minimum absolute atomic E-state index is 0.343. The third-order valence-corrected chi connectivity index (χ3v) is 7.37. The van der Waals surface area contributed by atoms with Gasteiger partial charge in [-0.1, -0.05) is 0 Å². The molecule has 1 aliphatic carbocycles. The van der Waals surface area contributed by atoms with Gasteiger partial charge in [-0.25, -0.2) is 0 Å². The topological polar surface area (TPSA) is 16.1 Å². The van der Waals surface area contributed by atoms with Crippen molar-refractivity contribution in [1.82, 2.24) is 9.88 Å². The second-order valence-electron chi connectivity index (χ2n) is 8.89. The van der Waals surface area contributed by atoms with Gasteiger partial charge in [0.1, 0.15) is 0 Å². The van der Waals surface area contributed by atoms with E-state index in [0.29, 0.717) is 17.0 Å². The maximum atomic E-state index is 4.84. The van der Waals surface area contributed by atoms with Crippen molar-refractivity contribution in [2.45, 2.75) is 77.8 Å². The minimum atomic E-state index is 0.343. The van der Waals surface area contributed by atoms with Crippen molar-refractivity contribution in [3.8, 4) is 0 Å². The Kier molecular flexibility index (Phi) is 2.90. The highest BCUT2D eigenvalue weighted by Crippen LogP contribution is 2.61. The van der Waals surface area contributed by atoms with Gasteiger partial charge in [-0.05, 0) is 89.8 Å². The molecule has 3 saturated heterocycles. The molecule has 1 saturated carbocycles. The molecule has 1 aromatic rings. The molecule has 0 radical (unpaired) electrons. The molecular weight excluding hydrogens is 268 g/mol. The van der Waals surface area contributed by atoms with E-state index in [9.17, 15) is 0 Å². The molecule has 4 heterocycles. The first-order valence-electron chi connectivity index (χ1n) is 8.98. The molecule has 2 nitrogen and oxygen atoms in total. The van der Waals surface area contributed by atoms with Crippen LogP contribution in [0.1, 0.15) is 62.5 Å². The lowest BCUT2D eigenvalue weighted by Gasteiger charge is -2.69. The van der Waals surface area contributed by atoms with Crippen molar-refractivity contribution < 1.29 is 0 Å². The van der Waals surface area contributed by atoms with E-state index in [-0.39, 0.29) is 0 Å². The van der Waals surface area contributed by atoms with Gasteiger partial charge < -0.3 is 0 Å². The van der Waals surface area contributed by atoms with Crippen LogP contribution >= 0.6 is 0 Å². The molecule has 4 fully saturated rings. The summed E-state index contributed by atoms with van der Waals surface area (Å²) in [5.41, 5.74) is 6.22. The van der Waals surface area contributed by atoms with Gasteiger partial charge in [-0.15, -0.1) is 0 Å². The summed E-state index contributed by atoms with van der Waals surface area (Å²) in [6, 6.07) is 2.94. The maximum absolute atomic E-state index is 4.84. The molecular formula is C20H30N2. The van der Waals surface area contributed by atoms with E-state index in [1.54, 1.807) is 5.56 Å². The van der Waals surface area contributed by atoms with Crippen LogP contribution in [-0.2, 0) is 5.41 Å². The second kappa shape index (κ2) is 4.35. The van der Waals surface area contributed by atoms with Crippen molar-refractivity contribution in [3.05, 3.63) is 28.6 Å². The van der Waals surface area contributed by atoms with E-state index >= 15 is 0 Å². The van der Waals surface area contributed by atoms with E-state index in [2.05, 4.69) is 52.5 Å². The predicted molar refractivity (Wildman–Crippen MR) is 91.2 cm³/mol. The van der Waals surface area contributed by atoms with Crippen LogP contribution in [0.25, 0.3) is 0 Å². The number of nitrogens with zero attached hydrogens (tertiary/aromatic N) is 2. The fraction of sp³-hybridized carbons (Fsp3) is 0.750. The summed E-state index contributed by atoms with van der Waals surface area (Å²) in [7, 11) is 0. The normalized spacial score (nSPS) is 41.9. The highest BCUT2D eigenvalue weighted by atomic mass is 15.3. The van der Waals surface area contributed by atoms with Gasteiger partial charge in [0.05, 0.1) is 0 Å².